The highest BCUT2D eigenvalue weighted by atomic mass is 16.6. The summed E-state index contributed by atoms with van der Waals surface area (Å²) in [5, 5.41) is 9.46. The number of para-hydroxylation sites is 1. The summed E-state index contributed by atoms with van der Waals surface area (Å²) >= 11 is 0. The minimum atomic E-state index is -0.520. The fourth-order valence-electron chi connectivity index (χ4n) is 4.07. The second kappa shape index (κ2) is 12.3. The number of pyridine rings is 1. The number of amides is 2. The Morgan fingerprint density at radius 3 is 2.41 bits per heavy atom. The van der Waals surface area contributed by atoms with Gasteiger partial charge in [-0.1, -0.05) is 18.2 Å². The number of hydrogen-bond acceptors (Lipinski definition) is 8. The predicted octanol–water partition coefficient (Wildman–Crippen LogP) is 4.91. The van der Waals surface area contributed by atoms with Crippen LogP contribution in [0, 0.1) is 18.3 Å². The molecule has 1 fully saturated rings. The Bertz CT molecular complexity index is 1320. The molecule has 3 aromatic rings. The fraction of sp³-hybridized carbons (Fsp3) is 0.345. The molecule has 1 saturated heterocycles. The second-order valence-electron chi connectivity index (χ2n) is 10.3. The standard InChI is InChI=1S/C29H33N7O3/c1-5-21-17-32-26(19-30-21)35-25-15-24(23(18-33-25)27(37)34-22-9-7-6-8-10-22)31-16-20-11-13-36(14-12-20)28(38)39-29(2,3)4/h1,6-10,15,17-20H,11-14,16H2,2-4H3,(H,34,37)(H2,31,32,33,35). The lowest BCUT2D eigenvalue weighted by Gasteiger charge is -2.33. The van der Waals surface area contributed by atoms with Gasteiger partial charge < -0.3 is 25.6 Å². The molecule has 202 valence electrons. The number of terminal acetylenes is 1. The zero-order valence-electron chi connectivity index (χ0n) is 22.4. The minimum absolute atomic E-state index is 0.277. The van der Waals surface area contributed by atoms with Crippen molar-refractivity contribution in [3.63, 3.8) is 0 Å². The minimum Gasteiger partial charge on any atom is -0.444 e. The van der Waals surface area contributed by atoms with Crippen molar-refractivity contribution in [1.82, 2.24) is 19.9 Å². The Labute approximate surface area is 228 Å². The highest BCUT2D eigenvalue weighted by Gasteiger charge is 2.27. The van der Waals surface area contributed by atoms with Crippen LogP contribution in [0.5, 0.6) is 0 Å². The number of rotatable bonds is 7. The van der Waals surface area contributed by atoms with Gasteiger partial charge in [-0.2, -0.15) is 0 Å². The number of anilines is 4. The van der Waals surface area contributed by atoms with Gasteiger partial charge in [-0.15, -0.1) is 6.42 Å². The summed E-state index contributed by atoms with van der Waals surface area (Å²) in [6.07, 6.45) is 11.3. The molecule has 4 rings (SSSR count). The third-order valence-corrected chi connectivity index (χ3v) is 6.08. The first-order chi connectivity index (χ1) is 18.7. The number of aromatic nitrogens is 3. The SMILES string of the molecule is C#Cc1cnc(Nc2cc(NCC3CCN(C(=O)OC(C)(C)C)CC3)c(C(=O)Nc3ccccc3)cn2)cn1. The van der Waals surface area contributed by atoms with Crippen LogP contribution in [0.15, 0.2) is 55.0 Å². The van der Waals surface area contributed by atoms with Crippen LogP contribution in [-0.2, 0) is 4.74 Å². The van der Waals surface area contributed by atoms with Crippen molar-refractivity contribution in [2.75, 3.05) is 35.6 Å². The average Bonchev–Trinajstić information content (AvgIpc) is 2.92. The summed E-state index contributed by atoms with van der Waals surface area (Å²) in [5.41, 5.74) is 1.64. The molecule has 0 aliphatic carbocycles. The molecule has 3 N–H and O–H groups in total. The highest BCUT2D eigenvalue weighted by molar-refractivity contribution is 6.08. The van der Waals surface area contributed by atoms with Crippen LogP contribution in [0.1, 0.15) is 49.7 Å². The van der Waals surface area contributed by atoms with Gasteiger partial charge in [-0.3, -0.25) is 4.79 Å². The number of benzene rings is 1. The van der Waals surface area contributed by atoms with Gasteiger partial charge in [0.2, 0.25) is 0 Å². The molecule has 3 heterocycles. The molecule has 0 radical (unpaired) electrons. The van der Waals surface area contributed by atoms with Crippen molar-refractivity contribution >= 4 is 35.0 Å². The molecular formula is C29H33N7O3. The molecule has 1 aromatic carbocycles. The molecule has 0 spiro atoms. The van der Waals surface area contributed by atoms with Crippen LogP contribution in [-0.4, -0.2) is 57.1 Å². The number of carbonyl (C=O) groups excluding carboxylic acids is 2. The van der Waals surface area contributed by atoms with Gasteiger partial charge in [0.25, 0.3) is 5.91 Å². The van der Waals surface area contributed by atoms with Crippen LogP contribution in [0.25, 0.3) is 0 Å². The molecule has 1 aliphatic rings. The van der Waals surface area contributed by atoms with Gasteiger partial charge >= 0.3 is 6.09 Å². The molecule has 2 aromatic heterocycles. The molecule has 0 atom stereocenters. The van der Waals surface area contributed by atoms with E-state index in [-0.39, 0.29) is 12.0 Å². The van der Waals surface area contributed by atoms with Crippen LogP contribution < -0.4 is 16.0 Å². The molecule has 0 bridgehead atoms. The number of likely N-dealkylation sites (tertiary alicyclic amines) is 1. The molecule has 0 saturated carbocycles. The Kier molecular flexibility index (Phi) is 8.61. The van der Waals surface area contributed by atoms with Gasteiger partial charge in [0.15, 0.2) is 0 Å². The first kappa shape index (κ1) is 27.4. The number of nitrogens with zero attached hydrogens (tertiary/aromatic N) is 4. The summed E-state index contributed by atoms with van der Waals surface area (Å²) in [6.45, 7) is 7.47. The van der Waals surface area contributed by atoms with Crippen LogP contribution in [0.3, 0.4) is 0 Å². The maximum absolute atomic E-state index is 13.1. The third kappa shape index (κ3) is 7.92. The van der Waals surface area contributed by atoms with E-state index >= 15 is 0 Å². The van der Waals surface area contributed by atoms with Crippen molar-refractivity contribution in [3.8, 4) is 12.3 Å². The van der Waals surface area contributed by atoms with E-state index in [1.54, 1.807) is 11.0 Å². The van der Waals surface area contributed by atoms with Crippen molar-refractivity contribution in [2.24, 2.45) is 5.92 Å². The van der Waals surface area contributed by atoms with E-state index < -0.39 is 5.60 Å². The topological polar surface area (TPSA) is 121 Å². The van der Waals surface area contributed by atoms with E-state index in [0.717, 1.165) is 12.8 Å². The number of hydrogen-bond donors (Lipinski definition) is 3. The van der Waals surface area contributed by atoms with Crippen molar-refractivity contribution < 1.29 is 14.3 Å². The van der Waals surface area contributed by atoms with Crippen molar-refractivity contribution in [1.29, 1.82) is 0 Å². The summed E-state index contributed by atoms with van der Waals surface area (Å²) in [5.74, 6) is 3.45. The number of nitrogens with one attached hydrogen (secondary N) is 3. The summed E-state index contributed by atoms with van der Waals surface area (Å²) in [7, 11) is 0. The van der Waals surface area contributed by atoms with E-state index in [4.69, 9.17) is 11.2 Å². The average molecular weight is 528 g/mol. The van der Waals surface area contributed by atoms with E-state index in [1.165, 1.54) is 18.6 Å². The van der Waals surface area contributed by atoms with Gasteiger partial charge in [0, 0.05) is 37.6 Å². The lowest BCUT2D eigenvalue weighted by Crippen LogP contribution is -2.42. The van der Waals surface area contributed by atoms with Crippen molar-refractivity contribution in [2.45, 2.75) is 39.2 Å². The van der Waals surface area contributed by atoms with Gasteiger partial charge in [0.05, 0.1) is 23.6 Å². The van der Waals surface area contributed by atoms with E-state index in [0.29, 0.717) is 59.8 Å². The number of carbonyl (C=O) groups is 2. The van der Waals surface area contributed by atoms with Crippen LogP contribution >= 0.6 is 0 Å². The predicted molar refractivity (Wildman–Crippen MR) is 151 cm³/mol. The lowest BCUT2D eigenvalue weighted by molar-refractivity contribution is 0.0188. The Morgan fingerprint density at radius 2 is 1.77 bits per heavy atom. The monoisotopic (exact) mass is 527 g/mol. The molecule has 0 unspecified atom stereocenters. The molecule has 2 amide bonds. The second-order valence-corrected chi connectivity index (χ2v) is 10.3. The normalized spacial score (nSPS) is 13.7. The fourth-order valence-corrected chi connectivity index (χ4v) is 4.07. The molecule has 1 aliphatic heterocycles. The molecular weight excluding hydrogens is 494 g/mol. The summed E-state index contributed by atoms with van der Waals surface area (Å²) in [6, 6.07) is 11.0. The molecule has 10 nitrogen and oxygen atoms in total. The quantitative estimate of drug-likeness (QED) is 0.371. The smallest absolute Gasteiger partial charge is 0.410 e. The first-order valence-electron chi connectivity index (χ1n) is 12.8. The van der Waals surface area contributed by atoms with E-state index in [9.17, 15) is 9.59 Å². The lowest BCUT2D eigenvalue weighted by atomic mass is 9.97. The first-order valence-corrected chi connectivity index (χ1v) is 12.8. The van der Waals surface area contributed by atoms with Gasteiger partial charge in [-0.25, -0.2) is 19.7 Å². The zero-order chi connectivity index (χ0) is 27.8. The van der Waals surface area contributed by atoms with Crippen molar-refractivity contribution in [3.05, 3.63) is 66.2 Å². The third-order valence-electron chi connectivity index (χ3n) is 6.08. The van der Waals surface area contributed by atoms with Crippen LogP contribution in [0.4, 0.5) is 27.8 Å². The van der Waals surface area contributed by atoms with E-state index in [1.807, 2.05) is 51.1 Å². The maximum Gasteiger partial charge on any atom is 0.410 e. The van der Waals surface area contributed by atoms with Crippen LogP contribution in [0.2, 0.25) is 0 Å². The molecule has 10 heteroatoms. The summed E-state index contributed by atoms with van der Waals surface area (Å²) in [4.78, 5) is 40.1. The van der Waals surface area contributed by atoms with E-state index in [2.05, 4.69) is 36.8 Å². The highest BCUT2D eigenvalue weighted by Crippen LogP contribution is 2.25. The summed E-state index contributed by atoms with van der Waals surface area (Å²) < 4.78 is 5.50. The Balaban J connectivity index is 1.45. The Morgan fingerprint density at radius 1 is 1.05 bits per heavy atom. The number of ether oxygens (including phenoxy) is 1. The van der Waals surface area contributed by atoms with Gasteiger partial charge in [-0.05, 0) is 57.6 Å². The maximum atomic E-state index is 13.1. The molecule has 39 heavy (non-hydrogen) atoms. The largest absolute Gasteiger partial charge is 0.444 e. The zero-order valence-corrected chi connectivity index (χ0v) is 22.4. The Hall–Kier alpha value is -4.65. The number of piperidine rings is 1. The van der Waals surface area contributed by atoms with Gasteiger partial charge in [0.1, 0.15) is 22.9 Å².